The predicted octanol–water partition coefficient (Wildman–Crippen LogP) is 5.44. The van der Waals surface area contributed by atoms with Gasteiger partial charge in [-0.05, 0) is 40.0 Å². The lowest BCUT2D eigenvalue weighted by molar-refractivity contribution is -0.343. The smallest absolute Gasteiger partial charge is 0.320 e. The Hall–Kier alpha value is -1.03. The second-order valence-electron chi connectivity index (χ2n) is 4.38. The number of hydrogen-bond acceptors (Lipinski definition) is 1. The summed E-state index contributed by atoms with van der Waals surface area (Å²) >= 11 is 8.71. The molecule has 2 nitrogen and oxygen atoms in total. The molecule has 0 heterocycles. The van der Waals surface area contributed by atoms with Crippen LogP contribution in [0.5, 0.6) is 0 Å². The molecule has 0 fully saturated rings. The molecule has 0 radical (unpaired) electrons. The molecule has 1 rings (SSSR count). The Labute approximate surface area is 139 Å². The van der Waals surface area contributed by atoms with Gasteiger partial charge in [0.2, 0.25) is 0 Å². The number of hydrogen-bond donors (Lipinski definition) is 1. The normalized spacial score (nSPS) is 13.1. The standard InChI is InChI=1S/C12H8BrClF7NO/c1-2-5-3-6(13)7(14)4-8(5)22-9(23)10(15,16)11(17,18)12(19,20)21/h3-4H,2H2,1H3,(H,22,23). The van der Waals surface area contributed by atoms with Crippen molar-refractivity contribution in [1.82, 2.24) is 0 Å². The highest BCUT2D eigenvalue weighted by Gasteiger charge is 2.76. The molecule has 0 unspecified atom stereocenters. The Balaban J connectivity index is 3.20. The highest BCUT2D eigenvalue weighted by molar-refractivity contribution is 9.10. The molecule has 11 heteroatoms. The van der Waals surface area contributed by atoms with E-state index in [1.54, 1.807) is 6.92 Å². The highest BCUT2D eigenvalue weighted by Crippen LogP contribution is 2.47. The van der Waals surface area contributed by atoms with E-state index in [-0.39, 0.29) is 22.7 Å². The fourth-order valence-corrected chi connectivity index (χ4v) is 2.07. The number of anilines is 1. The summed E-state index contributed by atoms with van der Waals surface area (Å²) in [6.07, 6.45) is -6.41. The summed E-state index contributed by atoms with van der Waals surface area (Å²) in [7, 11) is 0. The van der Waals surface area contributed by atoms with Crippen LogP contribution in [0.25, 0.3) is 0 Å². The average molecular weight is 431 g/mol. The number of halogens is 9. The number of amides is 1. The Morgan fingerprint density at radius 1 is 1.17 bits per heavy atom. The summed E-state index contributed by atoms with van der Waals surface area (Å²) < 4.78 is 88.7. The zero-order chi connectivity index (χ0) is 18.2. The third-order valence-corrected chi connectivity index (χ3v) is 4.01. The molecule has 0 aliphatic carbocycles. The van der Waals surface area contributed by atoms with Gasteiger partial charge in [0, 0.05) is 10.2 Å². The third kappa shape index (κ3) is 3.73. The molecule has 0 bridgehead atoms. The Morgan fingerprint density at radius 2 is 1.70 bits per heavy atom. The molecule has 1 aromatic carbocycles. The van der Waals surface area contributed by atoms with Crippen LogP contribution in [-0.2, 0) is 11.2 Å². The zero-order valence-electron chi connectivity index (χ0n) is 11.2. The first kappa shape index (κ1) is 20.0. The van der Waals surface area contributed by atoms with E-state index in [0.29, 0.717) is 4.47 Å². The van der Waals surface area contributed by atoms with Crippen LogP contribution in [-0.4, -0.2) is 23.9 Å². The number of rotatable bonds is 4. The second-order valence-corrected chi connectivity index (χ2v) is 5.64. The van der Waals surface area contributed by atoms with E-state index in [1.807, 2.05) is 0 Å². The number of nitrogens with one attached hydrogen (secondary N) is 1. The summed E-state index contributed by atoms with van der Waals surface area (Å²) in [4.78, 5) is 11.3. The number of alkyl halides is 7. The summed E-state index contributed by atoms with van der Waals surface area (Å²) in [5.41, 5.74) is -0.177. The largest absolute Gasteiger partial charge is 0.460 e. The summed E-state index contributed by atoms with van der Waals surface area (Å²) in [5.74, 6) is -15.3. The van der Waals surface area contributed by atoms with Crippen molar-refractivity contribution in [3.63, 3.8) is 0 Å². The van der Waals surface area contributed by atoms with Crippen LogP contribution in [0.3, 0.4) is 0 Å². The molecule has 130 valence electrons. The number of carbonyl (C=O) groups is 1. The maximum atomic E-state index is 13.3. The van der Waals surface area contributed by atoms with Gasteiger partial charge in [-0.25, -0.2) is 0 Å². The van der Waals surface area contributed by atoms with Gasteiger partial charge < -0.3 is 5.32 Å². The van der Waals surface area contributed by atoms with Crippen molar-refractivity contribution in [1.29, 1.82) is 0 Å². The minimum absolute atomic E-state index is 0.0524. The van der Waals surface area contributed by atoms with E-state index >= 15 is 0 Å². The van der Waals surface area contributed by atoms with Crippen LogP contribution < -0.4 is 5.32 Å². The van der Waals surface area contributed by atoms with Gasteiger partial charge in [-0.2, -0.15) is 30.7 Å². The van der Waals surface area contributed by atoms with Crippen molar-refractivity contribution >= 4 is 39.1 Å². The summed E-state index contributed by atoms with van der Waals surface area (Å²) in [6, 6.07) is 2.28. The average Bonchev–Trinajstić information content (AvgIpc) is 2.40. The number of benzene rings is 1. The molecule has 23 heavy (non-hydrogen) atoms. The van der Waals surface area contributed by atoms with Crippen molar-refractivity contribution < 1.29 is 35.5 Å². The van der Waals surface area contributed by atoms with Gasteiger partial charge in [0.1, 0.15) is 0 Å². The molecule has 1 aromatic rings. The van der Waals surface area contributed by atoms with Crippen LogP contribution >= 0.6 is 27.5 Å². The van der Waals surface area contributed by atoms with Crippen LogP contribution in [0, 0.1) is 0 Å². The molecular weight excluding hydrogens is 422 g/mol. The van der Waals surface area contributed by atoms with E-state index in [4.69, 9.17) is 11.6 Å². The molecule has 0 aromatic heterocycles. The summed E-state index contributed by atoms with van der Waals surface area (Å²) in [5, 5.41) is 1.32. The monoisotopic (exact) mass is 429 g/mol. The molecule has 0 aliphatic heterocycles. The maximum Gasteiger partial charge on any atom is 0.460 e. The fraction of sp³-hybridized carbons (Fsp3) is 0.417. The van der Waals surface area contributed by atoms with Gasteiger partial charge in [0.15, 0.2) is 0 Å². The second kappa shape index (κ2) is 6.46. The SMILES string of the molecule is CCc1cc(Br)c(Cl)cc1NC(=O)C(F)(F)C(F)(F)C(F)(F)F. The Kier molecular flexibility index (Phi) is 5.62. The van der Waals surface area contributed by atoms with E-state index in [0.717, 1.165) is 6.07 Å². The molecule has 0 saturated carbocycles. The maximum absolute atomic E-state index is 13.3. The van der Waals surface area contributed by atoms with Crippen molar-refractivity contribution in [2.24, 2.45) is 0 Å². The van der Waals surface area contributed by atoms with Crippen molar-refractivity contribution in [3.8, 4) is 0 Å². The zero-order valence-corrected chi connectivity index (χ0v) is 13.5. The van der Waals surface area contributed by atoms with Gasteiger partial charge in [-0.3, -0.25) is 4.79 Å². The van der Waals surface area contributed by atoms with Crippen LogP contribution in [0.2, 0.25) is 5.02 Å². The van der Waals surface area contributed by atoms with Crippen LogP contribution in [0.4, 0.5) is 36.4 Å². The van der Waals surface area contributed by atoms with Crippen molar-refractivity contribution in [3.05, 3.63) is 27.2 Å². The molecule has 0 aliphatic rings. The molecule has 0 saturated heterocycles. The molecule has 1 N–H and O–H groups in total. The lowest BCUT2D eigenvalue weighted by atomic mass is 10.1. The first-order chi connectivity index (χ1) is 10.3. The fourth-order valence-electron chi connectivity index (χ4n) is 1.52. The third-order valence-electron chi connectivity index (χ3n) is 2.81. The lowest BCUT2D eigenvalue weighted by Crippen LogP contribution is -2.57. The van der Waals surface area contributed by atoms with Gasteiger partial charge in [0.25, 0.3) is 0 Å². The van der Waals surface area contributed by atoms with Gasteiger partial charge in [-0.1, -0.05) is 18.5 Å². The van der Waals surface area contributed by atoms with E-state index in [2.05, 4.69) is 15.9 Å². The molecular formula is C12H8BrClF7NO. The van der Waals surface area contributed by atoms with E-state index in [9.17, 15) is 35.5 Å². The number of carbonyl (C=O) groups excluding carboxylic acids is 1. The van der Waals surface area contributed by atoms with Crippen LogP contribution in [0.1, 0.15) is 12.5 Å². The molecule has 0 atom stereocenters. The molecule has 1 amide bonds. The Bertz CT molecular complexity index is 618. The highest BCUT2D eigenvalue weighted by atomic mass is 79.9. The molecule has 0 spiro atoms. The Morgan fingerprint density at radius 3 is 2.13 bits per heavy atom. The van der Waals surface area contributed by atoms with Crippen LogP contribution in [0.15, 0.2) is 16.6 Å². The minimum atomic E-state index is -6.58. The van der Waals surface area contributed by atoms with Crippen molar-refractivity contribution in [2.75, 3.05) is 5.32 Å². The first-order valence-corrected chi connectivity index (χ1v) is 7.04. The minimum Gasteiger partial charge on any atom is -0.320 e. The topological polar surface area (TPSA) is 29.1 Å². The first-order valence-electron chi connectivity index (χ1n) is 5.87. The predicted molar refractivity (Wildman–Crippen MR) is 73.1 cm³/mol. The van der Waals surface area contributed by atoms with Crippen molar-refractivity contribution in [2.45, 2.75) is 31.4 Å². The van der Waals surface area contributed by atoms with Gasteiger partial charge in [-0.15, -0.1) is 0 Å². The van der Waals surface area contributed by atoms with Gasteiger partial charge in [0.05, 0.1) is 5.02 Å². The summed E-state index contributed by atoms with van der Waals surface area (Å²) in [6.45, 7) is 1.55. The lowest BCUT2D eigenvalue weighted by Gasteiger charge is -2.27. The van der Waals surface area contributed by atoms with Gasteiger partial charge >= 0.3 is 23.9 Å². The quantitative estimate of drug-likeness (QED) is 0.634. The number of aryl methyl sites for hydroxylation is 1. The van der Waals surface area contributed by atoms with E-state index < -0.39 is 23.9 Å². The van der Waals surface area contributed by atoms with E-state index in [1.165, 1.54) is 11.4 Å².